The minimum absolute atomic E-state index is 0.172. The lowest BCUT2D eigenvalue weighted by molar-refractivity contribution is 0.0548. The van der Waals surface area contributed by atoms with Crippen LogP contribution in [0.2, 0.25) is 0 Å². The molecule has 0 spiro atoms. The highest BCUT2D eigenvalue weighted by molar-refractivity contribution is 5.79. The number of hydrogen-bond donors (Lipinski definition) is 2. The minimum atomic E-state index is 0.172. The van der Waals surface area contributed by atoms with Crippen LogP contribution in [0.4, 0.5) is 0 Å². The van der Waals surface area contributed by atoms with Crippen molar-refractivity contribution in [3.05, 3.63) is 29.8 Å². The zero-order chi connectivity index (χ0) is 20.2. The summed E-state index contributed by atoms with van der Waals surface area (Å²) in [5, 5.41) is 6.76. The predicted molar refractivity (Wildman–Crippen MR) is 116 cm³/mol. The molecule has 1 aliphatic carbocycles. The van der Waals surface area contributed by atoms with Crippen LogP contribution < -0.4 is 15.4 Å². The molecule has 1 atom stereocenters. The van der Waals surface area contributed by atoms with Crippen LogP contribution in [0.15, 0.2) is 29.3 Å². The van der Waals surface area contributed by atoms with E-state index < -0.39 is 0 Å². The molecule has 0 saturated heterocycles. The lowest BCUT2D eigenvalue weighted by Gasteiger charge is -2.21. The van der Waals surface area contributed by atoms with Gasteiger partial charge in [-0.2, -0.15) is 0 Å². The molecule has 0 bridgehead atoms. The molecule has 28 heavy (non-hydrogen) atoms. The number of rotatable bonds is 13. The van der Waals surface area contributed by atoms with Gasteiger partial charge in [0.2, 0.25) is 0 Å². The lowest BCUT2D eigenvalue weighted by atomic mass is 10.2. The second-order valence-electron chi connectivity index (χ2n) is 7.61. The topological polar surface area (TPSA) is 58.1 Å². The number of benzene rings is 1. The Morgan fingerprint density at radius 3 is 2.68 bits per heavy atom. The maximum absolute atomic E-state index is 6.00. The molecule has 158 valence electrons. The molecule has 6 nitrogen and oxygen atoms in total. The first-order valence-corrected chi connectivity index (χ1v) is 10.6. The Morgan fingerprint density at radius 1 is 1.21 bits per heavy atom. The number of para-hydroxylation sites is 1. The third kappa shape index (κ3) is 8.93. The summed E-state index contributed by atoms with van der Waals surface area (Å²) in [4.78, 5) is 6.95. The Kier molecular flexibility index (Phi) is 10.1. The molecule has 6 heteroatoms. The van der Waals surface area contributed by atoms with Gasteiger partial charge in [-0.25, -0.2) is 4.99 Å². The van der Waals surface area contributed by atoms with Crippen LogP contribution in [0, 0.1) is 5.92 Å². The molecule has 0 aromatic heterocycles. The largest absolute Gasteiger partial charge is 0.493 e. The molecule has 2 rings (SSSR count). The number of hydrogen-bond acceptors (Lipinski definition) is 4. The van der Waals surface area contributed by atoms with E-state index in [9.17, 15) is 0 Å². The first-order valence-electron chi connectivity index (χ1n) is 10.6. The summed E-state index contributed by atoms with van der Waals surface area (Å²) < 4.78 is 11.9. The Hall–Kier alpha value is -1.79. The first kappa shape index (κ1) is 22.5. The van der Waals surface area contributed by atoms with Gasteiger partial charge in [-0.3, -0.25) is 0 Å². The van der Waals surface area contributed by atoms with E-state index in [1.807, 2.05) is 25.1 Å². The minimum Gasteiger partial charge on any atom is -0.493 e. The number of ether oxygens (including phenoxy) is 2. The second kappa shape index (κ2) is 12.6. The molecular formula is C22H38N4O2. The van der Waals surface area contributed by atoms with E-state index in [4.69, 9.17) is 14.5 Å². The maximum atomic E-state index is 6.00. The Labute approximate surface area is 170 Å². The molecule has 1 aliphatic rings. The predicted octanol–water partition coefficient (Wildman–Crippen LogP) is 2.89. The molecule has 1 aromatic rings. The fourth-order valence-electron chi connectivity index (χ4n) is 2.87. The number of guanidine groups is 1. The van der Waals surface area contributed by atoms with Gasteiger partial charge >= 0.3 is 0 Å². The highest BCUT2D eigenvalue weighted by Gasteiger charge is 2.22. The van der Waals surface area contributed by atoms with Crippen LogP contribution in [-0.2, 0) is 11.3 Å². The molecule has 0 amide bonds. The summed E-state index contributed by atoms with van der Waals surface area (Å²) in [7, 11) is 4.18. The van der Waals surface area contributed by atoms with Crippen LogP contribution >= 0.6 is 0 Å². The zero-order valence-corrected chi connectivity index (χ0v) is 18.0. The van der Waals surface area contributed by atoms with Gasteiger partial charge in [-0.05, 0) is 59.2 Å². The van der Waals surface area contributed by atoms with Gasteiger partial charge in [-0.15, -0.1) is 0 Å². The van der Waals surface area contributed by atoms with Gasteiger partial charge in [0.1, 0.15) is 5.75 Å². The van der Waals surface area contributed by atoms with Crippen LogP contribution in [-0.4, -0.2) is 63.9 Å². The molecule has 0 aliphatic heterocycles. The summed E-state index contributed by atoms with van der Waals surface area (Å²) >= 11 is 0. The van der Waals surface area contributed by atoms with E-state index >= 15 is 0 Å². The highest BCUT2D eigenvalue weighted by atomic mass is 16.5. The number of nitrogens with zero attached hydrogens (tertiary/aromatic N) is 2. The van der Waals surface area contributed by atoms with E-state index in [0.717, 1.165) is 62.5 Å². The average Bonchev–Trinajstić information content (AvgIpc) is 3.51. The normalized spacial score (nSPS) is 15.5. The van der Waals surface area contributed by atoms with Crippen molar-refractivity contribution in [1.82, 2.24) is 15.5 Å². The first-order chi connectivity index (χ1) is 13.6. The SMILES string of the molecule is CCNC(=NCc1ccccc1OCC1CC1)NCC(CCN(C)C)OCC. The molecule has 0 heterocycles. The molecule has 1 fully saturated rings. The van der Waals surface area contributed by atoms with Crippen LogP contribution in [0.3, 0.4) is 0 Å². The van der Waals surface area contributed by atoms with Crippen molar-refractivity contribution in [2.75, 3.05) is 46.9 Å². The Balaban J connectivity index is 1.91. The molecule has 1 unspecified atom stereocenters. The summed E-state index contributed by atoms with van der Waals surface area (Å²) in [6.45, 7) is 8.82. The van der Waals surface area contributed by atoms with Crippen LogP contribution in [0.1, 0.15) is 38.7 Å². The van der Waals surface area contributed by atoms with Crippen molar-refractivity contribution < 1.29 is 9.47 Å². The Bertz CT molecular complexity index is 588. The van der Waals surface area contributed by atoms with Gasteiger partial charge in [0, 0.05) is 31.8 Å². The van der Waals surface area contributed by atoms with E-state index in [0.29, 0.717) is 6.54 Å². The van der Waals surface area contributed by atoms with Gasteiger partial charge in [0.15, 0.2) is 5.96 Å². The smallest absolute Gasteiger partial charge is 0.191 e. The number of aliphatic imine (C=N–C) groups is 1. The molecule has 2 N–H and O–H groups in total. The zero-order valence-electron chi connectivity index (χ0n) is 18.0. The lowest BCUT2D eigenvalue weighted by Crippen LogP contribution is -2.42. The third-order valence-electron chi connectivity index (χ3n) is 4.69. The third-order valence-corrected chi connectivity index (χ3v) is 4.69. The fraction of sp³-hybridized carbons (Fsp3) is 0.682. The molecular weight excluding hydrogens is 352 g/mol. The standard InChI is InChI=1S/C22H38N4O2/c1-5-23-22(25-16-20(27-6-2)13-14-26(3)4)24-15-19-9-7-8-10-21(19)28-17-18-11-12-18/h7-10,18,20H,5-6,11-17H2,1-4H3,(H2,23,24,25). The van der Waals surface area contributed by atoms with E-state index in [-0.39, 0.29) is 6.10 Å². The summed E-state index contributed by atoms with van der Waals surface area (Å²) in [5.41, 5.74) is 1.12. The summed E-state index contributed by atoms with van der Waals surface area (Å²) in [5.74, 6) is 2.51. The second-order valence-corrected chi connectivity index (χ2v) is 7.61. The van der Waals surface area contributed by atoms with Gasteiger partial charge in [0.25, 0.3) is 0 Å². The summed E-state index contributed by atoms with van der Waals surface area (Å²) in [6, 6.07) is 8.20. The fourth-order valence-corrected chi connectivity index (χ4v) is 2.87. The maximum Gasteiger partial charge on any atom is 0.191 e. The molecule has 1 aromatic carbocycles. The van der Waals surface area contributed by atoms with Gasteiger partial charge < -0.3 is 25.0 Å². The average molecular weight is 391 g/mol. The van der Waals surface area contributed by atoms with E-state index in [2.05, 4.69) is 42.6 Å². The van der Waals surface area contributed by atoms with Crippen molar-refractivity contribution in [1.29, 1.82) is 0 Å². The molecule has 1 saturated carbocycles. The van der Waals surface area contributed by atoms with Crippen molar-refractivity contribution in [3.63, 3.8) is 0 Å². The van der Waals surface area contributed by atoms with Crippen LogP contribution in [0.5, 0.6) is 5.75 Å². The van der Waals surface area contributed by atoms with E-state index in [1.165, 1.54) is 12.8 Å². The van der Waals surface area contributed by atoms with Crippen LogP contribution in [0.25, 0.3) is 0 Å². The van der Waals surface area contributed by atoms with Gasteiger partial charge in [0.05, 0.1) is 19.3 Å². The molecule has 0 radical (unpaired) electrons. The highest BCUT2D eigenvalue weighted by Crippen LogP contribution is 2.30. The quantitative estimate of drug-likeness (QED) is 0.401. The van der Waals surface area contributed by atoms with Crippen molar-refractivity contribution in [2.45, 2.75) is 45.8 Å². The van der Waals surface area contributed by atoms with Crippen molar-refractivity contribution in [2.24, 2.45) is 10.9 Å². The van der Waals surface area contributed by atoms with Gasteiger partial charge in [-0.1, -0.05) is 18.2 Å². The monoisotopic (exact) mass is 390 g/mol. The summed E-state index contributed by atoms with van der Waals surface area (Å²) in [6.07, 6.45) is 3.75. The Morgan fingerprint density at radius 2 is 2.00 bits per heavy atom. The number of nitrogens with one attached hydrogen (secondary N) is 2. The van der Waals surface area contributed by atoms with Crippen molar-refractivity contribution in [3.8, 4) is 5.75 Å². The van der Waals surface area contributed by atoms with Crippen molar-refractivity contribution >= 4 is 5.96 Å². The van der Waals surface area contributed by atoms with E-state index in [1.54, 1.807) is 0 Å².